The molecule has 1 aliphatic rings. The molecule has 0 saturated heterocycles. The van der Waals surface area contributed by atoms with E-state index in [1.165, 1.54) is 6.07 Å². The molecule has 0 unspecified atom stereocenters. The van der Waals surface area contributed by atoms with Crippen LogP contribution in [0.25, 0.3) is 0 Å². The number of benzene rings is 2. The number of halogens is 2. The molecule has 0 aliphatic carbocycles. The zero-order chi connectivity index (χ0) is 14.8. The van der Waals surface area contributed by atoms with Crippen LogP contribution in [0.3, 0.4) is 0 Å². The van der Waals surface area contributed by atoms with E-state index in [1.807, 2.05) is 0 Å². The molecule has 0 radical (unpaired) electrons. The largest absolute Gasteiger partial charge is 0.488 e. The summed E-state index contributed by atoms with van der Waals surface area (Å²) in [7, 11) is 0. The van der Waals surface area contributed by atoms with E-state index in [-0.39, 0.29) is 25.0 Å². The van der Waals surface area contributed by atoms with Crippen molar-refractivity contribution in [2.24, 2.45) is 5.73 Å². The standard InChI is InChI=1S/C15H13ClFNO3/c16-11-3-1-2-9(15(11)17)7-19-12-5-14-13(20-8-21-14)4-10(12)6-18/h1-5H,6-8,18H2. The summed E-state index contributed by atoms with van der Waals surface area (Å²) < 4.78 is 30.1. The molecule has 2 aromatic rings. The van der Waals surface area contributed by atoms with Gasteiger partial charge < -0.3 is 19.9 Å². The summed E-state index contributed by atoms with van der Waals surface area (Å²) in [5, 5.41) is 0.0702. The van der Waals surface area contributed by atoms with Crippen molar-refractivity contribution in [2.75, 3.05) is 6.79 Å². The Bertz CT molecular complexity index is 678. The van der Waals surface area contributed by atoms with Crippen LogP contribution in [0.5, 0.6) is 17.2 Å². The smallest absolute Gasteiger partial charge is 0.231 e. The van der Waals surface area contributed by atoms with Crippen LogP contribution in [0.1, 0.15) is 11.1 Å². The summed E-state index contributed by atoms with van der Waals surface area (Å²) in [6.07, 6.45) is 0. The normalized spacial score (nSPS) is 12.5. The minimum atomic E-state index is -0.478. The first-order valence-corrected chi connectivity index (χ1v) is 6.75. The fraction of sp³-hybridized carbons (Fsp3) is 0.200. The molecule has 6 heteroatoms. The van der Waals surface area contributed by atoms with E-state index in [0.717, 1.165) is 5.56 Å². The highest BCUT2D eigenvalue weighted by atomic mass is 35.5. The van der Waals surface area contributed by atoms with Gasteiger partial charge in [0.1, 0.15) is 18.2 Å². The Labute approximate surface area is 126 Å². The molecule has 0 bridgehead atoms. The first-order valence-electron chi connectivity index (χ1n) is 6.37. The van der Waals surface area contributed by atoms with E-state index < -0.39 is 5.82 Å². The van der Waals surface area contributed by atoms with Gasteiger partial charge in [0, 0.05) is 23.7 Å². The first-order chi connectivity index (χ1) is 10.2. The molecule has 4 nitrogen and oxygen atoms in total. The minimum absolute atomic E-state index is 0.0546. The molecule has 1 heterocycles. The molecule has 2 aromatic carbocycles. The number of rotatable bonds is 4. The SMILES string of the molecule is NCc1cc2c(cc1OCc1cccc(Cl)c1F)OCO2. The first kappa shape index (κ1) is 14.0. The summed E-state index contributed by atoms with van der Waals surface area (Å²) >= 11 is 5.74. The van der Waals surface area contributed by atoms with Gasteiger partial charge in [0.2, 0.25) is 6.79 Å². The second kappa shape index (κ2) is 5.79. The lowest BCUT2D eigenvalue weighted by Crippen LogP contribution is -2.04. The third-order valence-corrected chi connectivity index (χ3v) is 3.48. The van der Waals surface area contributed by atoms with Crippen LogP contribution in [0.15, 0.2) is 30.3 Å². The van der Waals surface area contributed by atoms with Gasteiger partial charge in [-0.3, -0.25) is 0 Å². The molecular weight excluding hydrogens is 297 g/mol. The van der Waals surface area contributed by atoms with Crippen LogP contribution in [0, 0.1) is 5.82 Å². The van der Waals surface area contributed by atoms with Gasteiger partial charge in [-0.1, -0.05) is 23.7 Å². The van der Waals surface area contributed by atoms with Gasteiger partial charge in [0.05, 0.1) is 5.02 Å². The van der Waals surface area contributed by atoms with Gasteiger partial charge >= 0.3 is 0 Å². The molecule has 21 heavy (non-hydrogen) atoms. The van der Waals surface area contributed by atoms with E-state index >= 15 is 0 Å². The van der Waals surface area contributed by atoms with Gasteiger partial charge in [-0.15, -0.1) is 0 Å². The molecule has 0 aromatic heterocycles. The Balaban J connectivity index is 1.83. The Morgan fingerprint density at radius 3 is 2.71 bits per heavy atom. The Kier molecular flexibility index (Phi) is 3.86. The van der Waals surface area contributed by atoms with Crippen molar-refractivity contribution in [3.05, 3.63) is 52.3 Å². The zero-order valence-electron chi connectivity index (χ0n) is 11.1. The number of fused-ring (bicyclic) bond motifs is 1. The highest BCUT2D eigenvalue weighted by molar-refractivity contribution is 6.30. The van der Waals surface area contributed by atoms with E-state index in [2.05, 4.69) is 0 Å². The third-order valence-electron chi connectivity index (χ3n) is 3.19. The van der Waals surface area contributed by atoms with Crippen LogP contribution in [-0.2, 0) is 13.2 Å². The quantitative estimate of drug-likeness (QED) is 0.942. The van der Waals surface area contributed by atoms with Crippen LogP contribution in [-0.4, -0.2) is 6.79 Å². The second-order valence-corrected chi connectivity index (χ2v) is 4.93. The predicted octanol–water partition coefficient (Wildman–Crippen LogP) is 3.25. The van der Waals surface area contributed by atoms with E-state index in [0.29, 0.717) is 22.8 Å². The van der Waals surface area contributed by atoms with Crippen molar-refractivity contribution in [3.8, 4) is 17.2 Å². The molecule has 0 fully saturated rings. The molecule has 0 atom stereocenters. The molecule has 0 amide bonds. The average molecular weight is 310 g/mol. The van der Waals surface area contributed by atoms with E-state index in [1.54, 1.807) is 24.3 Å². The van der Waals surface area contributed by atoms with Crippen LogP contribution in [0.2, 0.25) is 5.02 Å². The van der Waals surface area contributed by atoms with Crippen molar-refractivity contribution in [3.63, 3.8) is 0 Å². The van der Waals surface area contributed by atoms with Crippen LogP contribution < -0.4 is 19.9 Å². The van der Waals surface area contributed by atoms with Crippen molar-refractivity contribution >= 4 is 11.6 Å². The van der Waals surface area contributed by atoms with Crippen LogP contribution in [0.4, 0.5) is 4.39 Å². The molecule has 0 saturated carbocycles. The summed E-state index contributed by atoms with van der Waals surface area (Å²) in [6.45, 7) is 0.509. The summed E-state index contributed by atoms with van der Waals surface area (Å²) in [5.41, 5.74) is 6.84. The van der Waals surface area contributed by atoms with Crippen molar-refractivity contribution < 1.29 is 18.6 Å². The number of hydrogen-bond donors (Lipinski definition) is 1. The second-order valence-electron chi connectivity index (χ2n) is 4.52. The van der Waals surface area contributed by atoms with Gasteiger partial charge in [0.15, 0.2) is 11.5 Å². The van der Waals surface area contributed by atoms with Gasteiger partial charge in [0.25, 0.3) is 0 Å². The number of hydrogen-bond acceptors (Lipinski definition) is 4. The maximum absolute atomic E-state index is 13.8. The molecule has 2 N–H and O–H groups in total. The maximum Gasteiger partial charge on any atom is 0.231 e. The van der Waals surface area contributed by atoms with Gasteiger partial charge in [-0.05, 0) is 12.1 Å². The van der Waals surface area contributed by atoms with Crippen molar-refractivity contribution in [1.29, 1.82) is 0 Å². The van der Waals surface area contributed by atoms with E-state index in [4.69, 9.17) is 31.5 Å². The number of ether oxygens (including phenoxy) is 3. The zero-order valence-corrected chi connectivity index (χ0v) is 11.8. The third kappa shape index (κ3) is 2.75. The minimum Gasteiger partial charge on any atom is -0.488 e. The van der Waals surface area contributed by atoms with Crippen molar-refractivity contribution in [2.45, 2.75) is 13.2 Å². The highest BCUT2D eigenvalue weighted by Crippen LogP contribution is 2.38. The van der Waals surface area contributed by atoms with Gasteiger partial charge in [-0.2, -0.15) is 0 Å². The molecule has 1 aliphatic heterocycles. The topological polar surface area (TPSA) is 53.7 Å². The lowest BCUT2D eigenvalue weighted by molar-refractivity contribution is 0.173. The van der Waals surface area contributed by atoms with Crippen molar-refractivity contribution in [1.82, 2.24) is 0 Å². The molecular formula is C15H13ClFNO3. The lowest BCUT2D eigenvalue weighted by Gasteiger charge is -2.12. The highest BCUT2D eigenvalue weighted by Gasteiger charge is 2.18. The Morgan fingerprint density at radius 2 is 1.95 bits per heavy atom. The fourth-order valence-electron chi connectivity index (χ4n) is 2.07. The number of nitrogens with two attached hydrogens (primary N) is 1. The average Bonchev–Trinajstić information content (AvgIpc) is 2.95. The Hall–Kier alpha value is -1.98. The predicted molar refractivity (Wildman–Crippen MR) is 76.2 cm³/mol. The monoisotopic (exact) mass is 309 g/mol. The summed E-state index contributed by atoms with van der Waals surface area (Å²) in [5.74, 6) is 1.29. The summed E-state index contributed by atoms with van der Waals surface area (Å²) in [6, 6.07) is 8.26. The van der Waals surface area contributed by atoms with Gasteiger partial charge in [-0.25, -0.2) is 4.39 Å². The molecule has 0 spiro atoms. The Morgan fingerprint density at radius 1 is 1.19 bits per heavy atom. The fourth-order valence-corrected chi connectivity index (χ4v) is 2.27. The molecule has 3 rings (SSSR count). The lowest BCUT2D eigenvalue weighted by atomic mass is 10.1. The van der Waals surface area contributed by atoms with E-state index in [9.17, 15) is 4.39 Å². The summed E-state index contributed by atoms with van der Waals surface area (Å²) in [4.78, 5) is 0. The molecule has 110 valence electrons. The maximum atomic E-state index is 13.8. The van der Waals surface area contributed by atoms with Crippen LogP contribution >= 0.6 is 11.6 Å².